The summed E-state index contributed by atoms with van der Waals surface area (Å²) in [5, 5.41) is 3.11. The molecule has 4 rings (SSSR count). The molecule has 6 nitrogen and oxygen atoms in total. The number of aromatic nitrogens is 1. The Morgan fingerprint density at radius 1 is 1.07 bits per heavy atom. The fourth-order valence-corrected chi connectivity index (χ4v) is 3.63. The van der Waals surface area contributed by atoms with Crippen LogP contribution in [-0.4, -0.2) is 30.0 Å². The average Bonchev–Trinajstić information content (AvgIpc) is 3.09. The molecule has 0 saturated carbocycles. The van der Waals surface area contributed by atoms with E-state index < -0.39 is 5.97 Å². The third-order valence-electron chi connectivity index (χ3n) is 5.03. The lowest BCUT2D eigenvalue weighted by atomic mass is 10.1. The van der Waals surface area contributed by atoms with Gasteiger partial charge in [-0.15, -0.1) is 0 Å². The molecule has 1 amide bonds. The van der Waals surface area contributed by atoms with Crippen LogP contribution in [0.25, 0.3) is 0 Å². The molecule has 2 aromatic carbocycles. The number of nitrogens with one attached hydrogen (secondary N) is 1. The predicted octanol–water partition coefficient (Wildman–Crippen LogP) is 4.20. The van der Waals surface area contributed by atoms with Crippen LogP contribution in [0.15, 0.2) is 66.9 Å². The molecule has 1 aromatic heterocycles. The van der Waals surface area contributed by atoms with Crippen LogP contribution in [0.4, 0.5) is 17.2 Å². The van der Waals surface area contributed by atoms with Crippen LogP contribution < -0.4 is 10.2 Å². The van der Waals surface area contributed by atoms with Gasteiger partial charge in [-0.2, -0.15) is 0 Å². The van der Waals surface area contributed by atoms with E-state index in [9.17, 15) is 9.59 Å². The van der Waals surface area contributed by atoms with Crippen molar-refractivity contribution in [2.75, 3.05) is 17.3 Å². The number of carbonyl (C=O) groups is 2. The Kier molecular flexibility index (Phi) is 4.99. The number of esters is 1. The molecule has 1 aliphatic rings. The summed E-state index contributed by atoms with van der Waals surface area (Å²) in [4.78, 5) is 31.2. The van der Waals surface area contributed by atoms with Crippen molar-refractivity contribution in [1.82, 2.24) is 4.98 Å². The molecule has 2 heterocycles. The normalized spacial score (nSPS) is 15.0. The van der Waals surface area contributed by atoms with Gasteiger partial charge in [0.1, 0.15) is 5.82 Å². The number of pyridine rings is 1. The minimum absolute atomic E-state index is 0.0727. The number of carbonyl (C=O) groups excluding carboxylic acids is 2. The topological polar surface area (TPSA) is 71.5 Å². The van der Waals surface area contributed by atoms with Crippen LogP contribution in [0, 0.1) is 0 Å². The average molecular weight is 387 g/mol. The molecule has 0 fully saturated rings. The number of nitrogens with zero attached hydrogens (tertiary/aromatic N) is 2. The third-order valence-corrected chi connectivity index (χ3v) is 5.03. The largest absolute Gasteiger partial charge is 0.465 e. The molecule has 146 valence electrons. The zero-order valence-corrected chi connectivity index (χ0v) is 16.3. The highest BCUT2D eigenvalue weighted by molar-refractivity contribution is 6.07. The van der Waals surface area contributed by atoms with Gasteiger partial charge < -0.3 is 15.0 Å². The molecule has 29 heavy (non-hydrogen) atoms. The molecule has 1 N–H and O–H groups in total. The van der Waals surface area contributed by atoms with Crippen LogP contribution >= 0.6 is 0 Å². The first kappa shape index (κ1) is 18.7. The van der Waals surface area contributed by atoms with Gasteiger partial charge in [-0.05, 0) is 49.2 Å². The fraction of sp³-hybridized carbons (Fsp3) is 0.174. The first-order valence-corrected chi connectivity index (χ1v) is 9.40. The quantitative estimate of drug-likeness (QED) is 0.679. The Bertz CT molecular complexity index is 1060. The molecule has 1 unspecified atom stereocenters. The maximum Gasteiger partial charge on any atom is 0.339 e. The Labute approximate surface area is 169 Å². The highest BCUT2D eigenvalue weighted by Gasteiger charge is 2.31. The van der Waals surface area contributed by atoms with Gasteiger partial charge in [0.2, 0.25) is 0 Å². The van der Waals surface area contributed by atoms with E-state index in [0.29, 0.717) is 22.6 Å². The molecule has 0 bridgehead atoms. The Balaban J connectivity index is 1.55. The van der Waals surface area contributed by atoms with Gasteiger partial charge in [-0.1, -0.05) is 30.3 Å². The number of anilines is 3. The lowest BCUT2D eigenvalue weighted by Gasteiger charge is -2.22. The summed E-state index contributed by atoms with van der Waals surface area (Å²) >= 11 is 0. The summed E-state index contributed by atoms with van der Waals surface area (Å²) in [5.74, 6) is 0.0332. The van der Waals surface area contributed by atoms with Crippen molar-refractivity contribution in [3.63, 3.8) is 0 Å². The van der Waals surface area contributed by atoms with Gasteiger partial charge in [-0.25, -0.2) is 9.78 Å². The predicted molar refractivity (Wildman–Crippen MR) is 112 cm³/mol. The van der Waals surface area contributed by atoms with Crippen molar-refractivity contribution in [3.05, 3.63) is 83.6 Å². The summed E-state index contributed by atoms with van der Waals surface area (Å²) in [6.07, 6.45) is 2.40. The Morgan fingerprint density at radius 2 is 1.83 bits per heavy atom. The van der Waals surface area contributed by atoms with Crippen molar-refractivity contribution >= 4 is 29.1 Å². The number of fused-ring (bicyclic) bond motifs is 1. The van der Waals surface area contributed by atoms with E-state index in [2.05, 4.69) is 16.4 Å². The standard InChI is InChI=1S/C23H21N3O3/c1-15-13-16-7-3-6-10-20(16)26(15)22(27)17-11-12-21(24-14-17)25-19-9-5-4-8-18(19)23(28)29-2/h3-12,14-15H,13H2,1-2H3,(H,24,25). The number of hydrogen-bond donors (Lipinski definition) is 1. The van der Waals surface area contributed by atoms with Crippen molar-refractivity contribution in [1.29, 1.82) is 0 Å². The fourth-order valence-electron chi connectivity index (χ4n) is 3.63. The number of para-hydroxylation sites is 2. The first-order chi connectivity index (χ1) is 14.1. The van der Waals surface area contributed by atoms with Gasteiger partial charge in [0.15, 0.2) is 0 Å². The SMILES string of the molecule is COC(=O)c1ccccc1Nc1ccc(C(=O)N2c3ccccc3CC2C)cn1. The zero-order valence-electron chi connectivity index (χ0n) is 16.3. The summed E-state index contributed by atoms with van der Waals surface area (Å²) in [6.45, 7) is 2.05. The highest BCUT2D eigenvalue weighted by atomic mass is 16.5. The van der Waals surface area contributed by atoms with Crippen molar-refractivity contribution < 1.29 is 14.3 Å². The highest BCUT2D eigenvalue weighted by Crippen LogP contribution is 2.33. The molecule has 3 aromatic rings. The number of hydrogen-bond acceptors (Lipinski definition) is 5. The van der Waals surface area contributed by atoms with Crippen LogP contribution in [-0.2, 0) is 11.2 Å². The smallest absolute Gasteiger partial charge is 0.339 e. The molecular weight excluding hydrogens is 366 g/mol. The van der Waals surface area contributed by atoms with Crippen molar-refractivity contribution in [2.45, 2.75) is 19.4 Å². The van der Waals surface area contributed by atoms with E-state index in [0.717, 1.165) is 12.1 Å². The van der Waals surface area contributed by atoms with E-state index in [1.165, 1.54) is 12.7 Å². The summed E-state index contributed by atoms with van der Waals surface area (Å²) in [6, 6.07) is 18.6. The molecule has 1 atom stereocenters. The van der Waals surface area contributed by atoms with E-state index in [4.69, 9.17) is 4.74 Å². The maximum absolute atomic E-state index is 13.1. The number of methoxy groups -OCH3 is 1. The number of benzene rings is 2. The Hall–Kier alpha value is -3.67. The summed E-state index contributed by atoms with van der Waals surface area (Å²) < 4.78 is 4.81. The van der Waals surface area contributed by atoms with Gasteiger partial charge in [0.25, 0.3) is 5.91 Å². The molecule has 0 saturated heterocycles. The van der Waals surface area contributed by atoms with Gasteiger partial charge in [0, 0.05) is 17.9 Å². The van der Waals surface area contributed by atoms with Gasteiger partial charge >= 0.3 is 5.97 Å². The van der Waals surface area contributed by atoms with Crippen LogP contribution in [0.2, 0.25) is 0 Å². The minimum Gasteiger partial charge on any atom is -0.465 e. The van der Waals surface area contributed by atoms with Gasteiger partial charge in [-0.3, -0.25) is 4.79 Å². The van der Waals surface area contributed by atoms with Crippen molar-refractivity contribution in [2.24, 2.45) is 0 Å². The monoisotopic (exact) mass is 387 g/mol. The van der Waals surface area contributed by atoms with E-state index in [-0.39, 0.29) is 11.9 Å². The lowest BCUT2D eigenvalue weighted by molar-refractivity contribution is 0.0601. The molecule has 0 aliphatic carbocycles. The molecule has 0 spiro atoms. The first-order valence-electron chi connectivity index (χ1n) is 9.40. The molecule has 6 heteroatoms. The molecular formula is C23H21N3O3. The molecule has 1 aliphatic heterocycles. The molecule has 0 radical (unpaired) electrons. The summed E-state index contributed by atoms with van der Waals surface area (Å²) in [7, 11) is 1.34. The number of ether oxygens (including phenoxy) is 1. The number of rotatable bonds is 4. The van der Waals surface area contributed by atoms with Gasteiger partial charge in [0.05, 0.1) is 23.9 Å². The van der Waals surface area contributed by atoms with Crippen LogP contribution in [0.3, 0.4) is 0 Å². The summed E-state index contributed by atoms with van der Waals surface area (Å²) in [5.41, 5.74) is 3.66. The van der Waals surface area contributed by atoms with E-state index in [1.54, 1.807) is 36.5 Å². The van der Waals surface area contributed by atoms with Crippen LogP contribution in [0.5, 0.6) is 0 Å². The Morgan fingerprint density at radius 3 is 2.59 bits per heavy atom. The maximum atomic E-state index is 13.1. The second kappa shape index (κ2) is 7.75. The second-order valence-corrected chi connectivity index (χ2v) is 6.95. The minimum atomic E-state index is -0.429. The lowest BCUT2D eigenvalue weighted by Crippen LogP contribution is -2.35. The zero-order chi connectivity index (χ0) is 20.4. The van der Waals surface area contributed by atoms with Crippen molar-refractivity contribution in [3.8, 4) is 0 Å². The second-order valence-electron chi connectivity index (χ2n) is 6.95. The number of amides is 1. The van der Waals surface area contributed by atoms with E-state index >= 15 is 0 Å². The third kappa shape index (κ3) is 3.57. The van der Waals surface area contributed by atoms with E-state index in [1.807, 2.05) is 36.1 Å². The van der Waals surface area contributed by atoms with Crippen LogP contribution in [0.1, 0.15) is 33.2 Å².